The standard InChI is InChI=1S/C23H26FN3O3S/c1-22(2)16-10-11-23(22,3)20(30)27(19(16)29)12-4-5-18(28)26-21-25-17(13-31-21)14-6-8-15(24)9-7-14/h6-9,13,16H,4-5,10-12H2,1-3H3,(H,25,26,28). The van der Waals surface area contributed by atoms with Crippen LogP contribution in [0.2, 0.25) is 0 Å². The average molecular weight is 444 g/mol. The molecule has 1 aromatic carbocycles. The number of carbonyl (C=O) groups is 3. The number of amides is 3. The van der Waals surface area contributed by atoms with Crippen LogP contribution in [0.4, 0.5) is 9.52 Å². The lowest BCUT2D eigenvalue weighted by atomic mass is 9.62. The quantitative estimate of drug-likeness (QED) is 0.668. The van der Waals surface area contributed by atoms with Crippen LogP contribution in [0.15, 0.2) is 29.6 Å². The Bertz CT molecular complexity index is 1030. The van der Waals surface area contributed by atoms with Gasteiger partial charge in [-0.1, -0.05) is 20.8 Å². The first-order valence-corrected chi connectivity index (χ1v) is 11.4. The van der Waals surface area contributed by atoms with E-state index in [-0.39, 0.29) is 47.8 Å². The van der Waals surface area contributed by atoms with Crippen LogP contribution in [0, 0.1) is 22.6 Å². The van der Waals surface area contributed by atoms with E-state index in [0.717, 1.165) is 18.4 Å². The highest BCUT2D eigenvalue weighted by molar-refractivity contribution is 7.14. The van der Waals surface area contributed by atoms with Gasteiger partial charge in [0.2, 0.25) is 17.7 Å². The molecule has 2 unspecified atom stereocenters. The molecule has 3 amide bonds. The van der Waals surface area contributed by atoms with Crippen molar-refractivity contribution in [1.82, 2.24) is 9.88 Å². The minimum Gasteiger partial charge on any atom is -0.302 e. The number of benzene rings is 1. The van der Waals surface area contributed by atoms with Crippen molar-refractivity contribution >= 4 is 34.2 Å². The maximum atomic E-state index is 13.1. The first-order valence-electron chi connectivity index (χ1n) is 10.5. The Morgan fingerprint density at radius 1 is 1.26 bits per heavy atom. The number of rotatable bonds is 6. The monoisotopic (exact) mass is 443 g/mol. The molecule has 2 aromatic rings. The van der Waals surface area contributed by atoms with Gasteiger partial charge in [0.05, 0.1) is 11.1 Å². The number of fused-ring (bicyclic) bond motifs is 2. The predicted molar refractivity (Wildman–Crippen MR) is 117 cm³/mol. The zero-order valence-electron chi connectivity index (χ0n) is 17.9. The Labute approximate surface area is 184 Å². The number of carbonyl (C=O) groups excluding carboxylic acids is 3. The van der Waals surface area contributed by atoms with Gasteiger partial charge in [0.25, 0.3) is 0 Å². The van der Waals surface area contributed by atoms with Crippen LogP contribution in [0.5, 0.6) is 0 Å². The Morgan fingerprint density at radius 3 is 2.68 bits per heavy atom. The van der Waals surface area contributed by atoms with E-state index in [9.17, 15) is 18.8 Å². The summed E-state index contributed by atoms with van der Waals surface area (Å²) >= 11 is 1.29. The number of thiazole rings is 1. The lowest BCUT2D eigenvalue weighted by molar-refractivity contribution is -0.168. The number of anilines is 1. The summed E-state index contributed by atoms with van der Waals surface area (Å²) in [5.41, 5.74) is 0.579. The van der Waals surface area contributed by atoms with Crippen LogP contribution >= 0.6 is 11.3 Å². The molecule has 1 N–H and O–H groups in total. The van der Waals surface area contributed by atoms with E-state index in [4.69, 9.17) is 0 Å². The molecule has 2 fully saturated rings. The summed E-state index contributed by atoms with van der Waals surface area (Å²) in [5.74, 6) is -0.880. The number of aromatic nitrogens is 1. The van der Waals surface area contributed by atoms with Gasteiger partial charge in [-0.25, -0.2) is 9.37 Å². The SMILES string of the molecule is CC12CCC(C(=O)N(CCCC(=O)Nc3nc(-c4ccc(F)cc4)cs3)C1=O)C2(C)C. The van der Waals surface area contributed by atoms with E-state index in [2.05, 4.69) is 10.3 Å². The molecule has 31 heavy (non-hydrogen) atoms. The van der Waals surface area contributed by atoms with Crippen molar-refractivity contribution in [2.45, 2.75) is 46.5 Å². The van der Waals surface area contributed by atoms with E-state index in [1.54, 1.807) is 17.5 Å². The first kappa shape index (κ1) is 21.6. The number of nitrogens with one attached hydrogen (secondary N) is 1. The van der Waals surface area contributed by atoms with Crippen molar-refractivity contribution in [2.24, 2.45) is 16.7 Å². The van der Waals surface area contributed by atoms with Gasteiger partial charge in [-0.15, -0.1) is 11.3 Å². The van der Waals surface area contributed by atoms with Crippen molar-refractivity contribution in [3.05, 3.63) is 35.5 Å². The van der Waals surface area contributed by atoms with Gasteiger partial charge in [-0.3, -0.25) is 19.3 Å². The fraction of sp³-hybridized carbons (Fsp3) is 0.478. The third-order valence-electron chi connectivity index (χ3n) is 7.18. The topological polar surface area (TPSA) is 79.4 Å². The van der Waals surface area contributed by atoms with Crippen LogP contribution in [-0.4, -0.2) is 34.2 Å². The fourth-order valence-corrected chi connectivity index (χ4v) is 5.51. The Morgan fingerprint density at radius 2 is 1.97 bits per heavy atom. The van der Waals surface area contributed by atoms with Gasteiger partial charge in [0, 0.05) is 29.8 Å². The molecule has 1 saturated heterocycles. The maximum absolute atomic E-state index is 13.1. The number of hydrogen-bond acceptors (Lipinski definition) is 5. The first-order chi connectivity index (χ1) is 14.6. The lowest BCUT2D eigenvalue weighted by Crippen LogP contribution is -2.59. The summed E-state index contributed by atoms with van der Waals surface area (Å²) in [6.45, 7) is 6.24. The summed E-state index contributed by atoms with van der Waals surface area (Å²) in [6.07, 6.45) is 2.06. The largest absolute Gasteiger partial charge is 0.302 e. The summed E-state index contributed by atoms with van der Waals surface area (Å²) < 4.78 is 13.1. The summed E-state index contributed by atoms with van der Waals surface area (Å²) in [7, 11) is 0. The zero-order valence-corrected chi connectivity index (χ0v) is 18.7. The van der Waals surface area contributed by atoms with E-state index < -0.39 is 5.41 Å². The Kier molecular flexibility index (Phi) is 5.45. The van der Waals surface area contributed by atoms with Crippen LogP contribution in [0.3, 0.4) is 0 Å². The molecule has 2 bridgehead atoms. The molecule has 1 saturated carbocycles. The molecule has 8 heteroatoms. The van der Waals surface area contributed by atoms with Gasteiger partial charge < -0.3 is 5.32 Å². The van der Waals surface area contributed by atoms with E-state index in [0.29, 0.717) is 17.2 Å². The highest BCUT2D eigenvalue weighted by Gasteiger charge is 2.64. The third-order valence-corrected chi connectivity index (χ3v) is 7.94. The maximum Gasteiger partial charge on any atom is 0.235 e. The van der Waals surface area contributed by atoms with Crippen LogP contribution in [-0.2, 0) is 14.4 Å². The molecule has 2 atom stereocenters. The fourth-order valence-electron chi connectivity index (χ4n) is 4.78. The highest BCUT2D eigenvalue weighted by atomic mass is 32.1. The van der Waals surface area contributed by atoms with E-state index >= 15 is 0 Å². The number of hydrogen-bond donors (Lipinski definition) is 1. The molecule has 1 aliphatic heterocycles. The van der Waals surface area contributed by atoms with Gasteiger partial charge in [-0.05, 0) is 48.9 Å². The number of piperidine rings is 1. The van der Waals surface area contributed by atoms with Gasteiger partial charge in [0.15, 0.2) is 5.13 Å². The second kappa shape index (κ2) is 7.82. The van der Waals surface area contributed by atoms with Crippen molar-refractivity contribution in [1.29, 1.82) is 0 Å². The van der Waals surface area contributed by atoms with Crippen molar-refractivity contribution in [3.63, 3.8) is 0 Å². The predicted octanol–water partition coefficient (Wildman–Crippen LogP) is 4.48. The highest BCUT2D eigenvalue weighted by Crippen LogP contribution is 2.60. The Hall–Kier alpha value is -2.61. The molecule has 4 rings (SSSR count). The summed E-state index contributed by atoms with van der Waals surface area (Å²) in [5, 5.41) is 5.02. The molecule has 0 spiro atoms. The van der Waals surface area contributed by atoms with Gasteiger partial charge in [-0.2, -0.15) is 0 Å². The third kappa shape index (κ3) is 3.67. The zero-order chi connectivity index (χ0) is 22.4. The van der Waals surface area contributed by atoms with Crippen molar-refractivity contribution in [3.8, 4) is 11.3 Å². The van der Waals surface area contributed by atoms with E-state index in [1.165, 1.54) is 28.4 Å². The minimum atomic E-state index is -0.522. The molecule has 0 radical (unpaired) electrons. The second-order valence-corrected chi connectivity index (χ2v) is 9.99. The Balaban J connectivity index is 1.32. The van der Waals surface area contributed by atoms with Crippen LogP contribution < -0.4 is 5.32 Å². The summed E-state index contributed by atoms with van der Waals surface area (Å²) in [6, 6.07) is 6.00. The molecular weight excluding hydrogens is 417 g/mol. The van der Waals surface area contributed by atoms with Crippen molar-refractivity contribution in [2.75, 3.05) is 11.9 Å². The number of halogens is 1. The average Bonchev–Trinajstić information content (AvgIpc) is 3.24. The number of imide groups is 1. The molecule has 164 valence electrons. The number of nitrogens with zero attached hydrogens (tertiary/aromatic N) is 2. The van der Waals surface area contributed by atoms with Crippen molar-refractivity contribution < 1.29 is 18.8 Å². The van der Waals surface area contributed by atoms with Crippen LogP contribution in [0.1, 0.15) is 46.5 Å². The minimum absolute atomic E-state index is 0.103. The molecule has 2 heterocycles. The van der Waals surface area contributed by atoms with Gasteiger partial charge >= 0.3 is 0 Å². The van der Waals surface area contributed by atoms with Gasteiger partial charge in [0.1, 0.15) is 5.82 Å². The normalized spacial score (nSPS) is 24.5. The molecule has 2 aliphatic rings. The second-order valence-electron chi connectivity index (χ2n) is 9.14. The molecule has 1 aromatic heterocycles. The van der Waals surface area contributed by atoms with Crippen LogP contribution in [0.25, 0.3) is 11.3 Å². The molecule has 1 aliphatic carbocycles. The number of likely N-dealkylation sites (tertiary alicyclic amines) is 1. The van der Waals surface area contributed by atoms with E-state index in [1.807, 2.05) is 20.8 Å². The smallest absolute Gasteiger partial charge is 0.235 e. The summed E-state index contributed by atoms with van der Waals surface area (Å²) in [4.78, 5) is 43.9. The lowest BCUT2D eigenvalue weighted by Gasteiger charge is -2.47. The molecular formula is C23H26FN3O3S. The molecule has 6 nitrogen and oxygen atoms in total.